The zero-order valence-corrected chi connectivity index (χ0v) is 16.0. The molecule has 0 atom stereocenters. The minimum Gasteiger partial charge on any atom is -0.352 e. The molecule has 1 N–H and O–H groups in total. The number of hydrogen-bond donors (Lipinski definition) is 1. The lowest BCUT2D eigenvalue weighted by Crippen LogP contribution is -2.26. The van der Waals surface area contributed by atoms with E-state index >= 15 is 0 Å². The number of carbonyl (C=O) groups is 1. The van der Waals surface area contributed by atoms with Crippen molar-refractivity contribution in [2.75, 3.05) is 6.54 Å². The van der Waals surface area contributed by atoms with Gasteiger partial charge in [0.1, 0.15) is 5.82 Å². The Morgan fingerprint density at radius 2 is 1.96 bits per heavy atom. The van der Waals surface area contributed by atoms with Crippen LogP contribution in [0.15, 0.2) is 54.9 Å². The second-order valence-electron chi connectivity index (χ2n) is 6.74. The van der Waals surface area contributed by atoms with Crippen molar-refractivity contribution in [3.05, 3.63) is 83.3 Å². The number of aryl methyl sites for hydroxylation is 1. The highest BCUT2D eigenvalue weighted by atomic mass is 16.1. The van der Waals surface area contributed by atoms with E-state index in [2.05, 4.69) is 25.1 Å². The first-order valence-electron chi connectivity index (χ1n) is 9.27. The standard InChI is InChI=1S/C21H22N6O/c1-15-13-18(16(2)27(15)14-17-7-3-5-10-22-17)21(28)23-11-9-20-25-24-19-8-4-6-12-26(19)20/h3-8,10,12-13H,9,11,14H2,1-2H3,(H,23,28). The van der Waals surface area contributed by atoms with Crippen LogP contribution in [0, 0.1) is 13.8 Å². The van der Waals surface area contributed by atoms with E-state index < -0.39 is 0 Å². The molecule has 4 heterocycles. The first-order chi connectivity index (χ1) is 13.6. The van der Waals surface area contributed by atoms with Gasteiger partial charge in [-0.2, -0.15) is 0 Å². The number of aromatic nitrogens is 5. The van der Waals surface area contributed by atoms with Gasteiger partial charge in [-0.25, -0.2) is 0 Å². The van der Waals surface area contributed by atoms with Gasteiger partial charge >= 0.3 is 0 Å². The third-order valence-corrected chi connectivity index (χ3v) is 4.88. The van der Waals surface area contributed by atoms with Gasteiger partial charge < -0.3 is 9.88 Å². The molecule has 0 aliphatic carbocycles. The Balaban J connectivity index is 1.43. The molecule has 0 spiro atoms. The Morgan fingerprint density at radius 3 is 2.79 bits per heavy atom. The predicted octanol–water partition coefficient (Wildman–Crippen LogP) is 2.56. The Morgan fingerprint density at radius 1 is 1.11 bits per heavy atom. The van der Waals surface area contributed by atoms with E-state index in [1.165, 1.54) is 0 Å². The molecule has 0 aliphatic rings. The topological polar surface area (TPSA) is 77.1 Å². The van der Waals surface area contributed by atoms with Crippen molar-refractivity contribution in [3.63, 3.8) is 0 Å². The van der Waals surface area contributed by atoms with Crippen molar-refractivity contribution in [1.29, 1.82) is 0 Å². The molecule has 0 fully saturated rings. The van der Waals surface area contributed by atoms with E-state index in [0.717, 1.165) is 28.6 Å². The number of nitrogens with zero attached hydrogens (tertiary/aromatic N) is 5. The fraction of sp³-hybridized carbons (Fsp3) is 0.238. The minimum absolute atomic E-state index is 0.0748. The van der Waals surface area contributed by atoms with Crippen LogP contribution in [0.25, 0.3) is 5.65 Å². The second kappa shape index (κ2) is 7.64. The molecule has 4 aromatic rings. The number of hydrogen-bond acceptors (Lipinski definition) is 4. The second-order valence-corrected chi connectivity index (χ2v) is 6.74. The van der Waals surface area contributed by atoms with Gasteiger partial charge in [-0.05, 0) is 44.2 Å². The SMILES string of the molecule is Cc1cc(C(=O)NCCc2nnc3ccccn23)c(C)n1Cc1ccccn1. The first-order valence-corrected chi connectivity index (χ1v) is 9.27. The highest BCUT2D eigenvalue weighted by molar-refractivity contribution is 5.95. The number of carbonyl (C=O) groups excluding carboxylic acids is 1. The maximum Gasteiger partial charge on any atom is 0.253 e. The highest BCUT2D eigenvalue weighted by Crippen LogP contribution is 2.16. The smallest absolute Gasteiger partial charge is 0.253 e. The molecule has 0 bridgehead atoms. The number of rotatable bonds is 6. The van der Waals surface area contributed by atoms with Crippen molar-refractivity contribution in [1.82, 2.24) is 29.5 Å². The summed E-state index contributed by atoms with van der Waals surface area (Å²) in [6.07, 6.45) is 4.33. The Kier molecular flexibility index (Phi) is 4.89. The fourth-order valence-electron chi connectivity index (χ4n) is 3.37. The highest BCUT2D eigenvalue weighted by Gasteiger charge is 2.16. The molecule has 4 aromatic heterocycles. The summed E-state index contributed by atoms with van der Waals surface area (Å²) < 4.78 is 4.05. The van der Waals surface area contributed by atoms with Crippen molar-refractivity contribution in [2.45, 2.75) is 26.8 Å². The van der Waals surface area contributed by atoms with Gasteiger partial charge in [0.25, 0.3) is 5.91 Å². The summed E-state index contributed by atoms with van der Waals surface area (Å²) in [5.74, 6) is 0.755. The number of amides is 1. The summed E-state index contributed by atoms with van der Waals surface area (Å²) in [7, 11) is 0. The van der Waals surface area contributed by atoms with Gasteiger partial charge in [-0.1, -0.05) is 12.1 Å². The molecule has 0 radical (unpaired) electrons. The maximum absolute atomic E-state index is 12.7. The van der Waals surface area contributed by atoms with E-state index in [1.54, 1.807) is 6.20 Å². The molecular weight excluding hydrogens is 352 g/mol. The van der Waals surface area contributed by atoms with Crippen molar-refractivity contribution in [2.24, 2.45) is 0 Å². The third kappa shape index (κ3) is 3.51. The van der Waals surface area contributed by atoms with Crippen molar-refractivity contribution in [3.8, 4) is 0 Å². The molecule has 28 heavy (non-hydrogen) atoms. The van der Waals surface area contributed by atoms with Gasteiger partial charge in [0.05, 0.1) is 17.8 Å². The fourth-order valence-corrected chi connectivity index (χ4v) is 3.37. The lowest BCUT2D eigenvalue weighted by atomic mass is 10.2. The molecule has 0 aromatic carbocycles. The van der Waals surface area contributed by atoms with Crippen molar-refractivity contribution < 1.29 is 4.79 Å². The van der Waals surface area contributed by atoms with Crippen LogP contribution >= 0.6 is 0 Å². The van der Waals surface area contributed by atoms with E-state index in [9.17, 15) is 4.79 Å². The predicted molar refractivity (Wildman–Crippen MR) is 106 cm³/mol. The van der Waals surface area contributed by atoms with Crippen LogP contribution < -0.4 is 5.32 Å². The van der Waals surface area contributed by atoms with E-state index in [4.69, 9.17) is 0 Å². The average molecular weight is 374 g/mol. The molecule has 0 saturated heterocycles. The Hall–Kier alpha value is -3.48. The molecule has 0 unspecified atom stereocenters. The average Bonchev–Trinajstić information content (AvgIpc) is 3.25. The van der Waals surface area contributed by atoms with Gasteiger partial charge in [0.2, 0.25) is 0 Å². The molecular formula is C21H22N6O. The van der Waals surface area contributed by atoms with Crippen LogP contribution in [0.5, 0.6) is 0 Å². The summed E-state index contributed by atoms with van der Waals surface area (Å²) in [5.41, 5.74) is 4.45. The van der Waals surface area contributed by atoms with Gasteiger partial charge in [0.15, 0.2) is 5.65 Å². The van der Waals surface area contributed by atoms with E-state index in [1.807, 2.05) is 66.9 Å². The van der Waals surface area contributed by atoms with Crippen LogP contribution in [0.4, 0.5) is 0 Å². The molecule has 7 heteroatoms. The third-order valence-electron chi connectivity index (χ3n) is 4.88. The molecule has 0 saturated carbocycles. The lowest BCUT2D eigenvalue weighted by molar-refractivity contribution is 0.0953. The number of pyridine rings is 2. The molecule has 0 aliphatic heterocycles. The van der Waals surface area contributed by atoms with E-state index in [-0.39, 0.29) is 5.91 Å². The monoisotopic (exact) mass is 374 g/mol. The van der Waals surface area contributed by atoms with Crippen LogP contribution in [0.1, 0.15) is 33.3 Å². The number of fused-ring (bicyclic) bond motifs is 1. The lowest BCUT2D eigenvalue weighted by Gasteiger charge is -2.09. The summed E-state index contributed by atoms with van der Waals surface area (Å²) in [4.78, 5) is 17.1. The summed E-state index contributed by atoms with van der Waals surface area (Å²) in [6, 6.07) is 13.6. The summed E-state index contributed by atoms with van der Waals surface area (Å²) in [6.45, 7) is 5.13. The normalized spacial score (nSPS) is 11.1. The zero-order valence-electron chi connectivity index (χ0n) is 16.0. The van der Waals surface area contributed by atoms with Gasteiger partial charge in [-0.3, -0.25) is 14.2 Å². The quantitative estimate of drug-likeness (QED) is 0.563. The van der Waals surface area contributed by atoms with E-state index in [0.29, 0.717) is 25.1 Å². The Bertz CT molecular complexity index is 1110. The van der Waals surface area contributed by atoms with Crippen LogP contribution in [-0.4, -0.2) is 36.6 Å². The van der Waals surface area contributed by atoms with Gasteiger partial charge in [0, 0.05) is 36.7 Å². The minimum atomic E-state index is -0.0748. The molecule has 1 amide bonds. The van der Waals surface area contributed by atoms with Crippen LogP contribution in [0.2, 0.25) is 0 Å². The summed E-state index contributed by atoms with van der Waals surface area (Å²) in [5, 5.41) is 11.3. The zero-order chi connectivity index (χ0) is 19.5. The molecule has 7 nitrogen and oxygen atoms in total. The largest absolute Gasteiger partial charge is 0.352 e. The van der Waals surface area contributed by atoms with Crippen LogP contribution in [0.3, 0.4) is 0 Å². The van der Waals surface area contributed by atoms with Crippen LogP contribution in [-0.2, 0) is 13.0 Å². The van der Waals surface area contributed by atoms with Crippen molar-refractivity contribution >= 4 is 11.6 Å². The molecule has 142 valence electrons. The van der Waals surface area contributed by atoms with Gasteiger partial charge in [-0.15, -0.1) is 10.2 Å². The maximum atomic E-state index is 12.7. The molecule has 4 rings (SSSR count). The first kappa shape index (κ1) is 17.9. The number of nitrogens with one attached hydrogen (secondary N) is 1. The summed E-state index contributed by atoms with van der Waals surface area (Å²) >= 11 is 0. The Labute approximate surface area is 163 Å².